The zero-order valence-electron chi connectivity index (χ0n) is 36.2. The predicted molar refractivity (Wildman–Crippen MR) is 218 cm³/mol. The molecule has 0 spiro atoms. The Kier molecular flexibility index (Phi) is 17.8. The molecule has 1 saturated carbocycles. The monoisotopic (exact) mass is 819 g/mol. The average Bonchev–Trinajstić information content (AvgIpc) is 3.21. The maximum absolute atomic E-state index is 16.2. The number of alkyl halides is 1. The minimum atomic E-state index is -2.56. The molecule has 1 amide bonds. The van der Waals surface area contributed by atoms with Gasteiger partial charge in [0.25, 0.3) is 11.7 Å². The number of esters is 1. The third kappa shape index (κ3) is 11.3. The summed E-state index contributed by atoms with van der Waals surface area (Å²) < 4.78 is 46.2. The van der Waals surface area contributed by atoms with Crippen LogP contribution in [0.3, 0.4) is 0 Å². The first-order valence-electron chi connectivity index (χ1n) is 21.5. The molecule has 3 fully saturated rings. The van der Waals surface area contributed by atoms with Gasteiger partial charge in [-0.15, -0.1) is 6.58 Å². The lowest BCUT2D eigenvalue weighted by atomic mass is 9.81. The van der Waals surface area contributed by atoms with Gasteiger partial charge in [0.05, 0.1) is 24.9 Å². The smallest absolute Gasteiger partial charge is 0.329 e. The molecule has 0 aromatic heterocycles. The van der Waals surface area contributed by atoms with E-state index in [1.807, 2.05) is 20.8 Å². The number of halogens is 1. The molecule has 14 atom stereocenters. The highest BCUT2D eigenvalue weighted by molar-refractivity contribution is 6.39. The first-order chi connectivity index (χ1) is 27.5. The number of carbonyl (C=O) groups is 4. The van der Waals surface area contributed by atoms with Crippen LogP contribution in [0.25, 0.3) is 0 Å². The van der Waals surface area contributed by atoms with E-state index in [-0.39, 0.29) is 62.0 Å². The number of nitrogens with zero attached hydrogens (tertiary/aromatic N) is 1. The van der Waals surface area contributed by atoms with Crippen LogP contribution in [0.15, 0.2) is 36.0 Å². The number of fused-ring (bicyclic) bond motifs is 3. The third-order valence-corrected chi connectivity index (χ3v) is 13.2. The van der Waals surface area contributed by atoms with E-state index in [1.165, 1.54) is 19.1 Å². The van der Waals surface area contributed by atoms with Crippen molar-refractivity contribution in [3.63, 3.8) is 0 Å². The van der Waals surface area contributed by atoms with E-state index in [4.69, 9.17) is 29.4 Å². The van der Waals surface area contributed by atoms with Crippen molar-refractivity contribution in [3.05, 3.63) is 36.0 Å². The van der Waals surface area contributed by atoms with E-state index in [0.29, 0.717) is 44.3 Å². The van der Waals surface area contributed by atoms with Gasteiger partial charge in [-0.2, -0.15) is 0 Å². The minimum absolute atomic E-state index is 0.0285. The highest BCUT2D eigenvalue weighted by Gasteiger charge is 2.56. The van der Waals surface area contributed by atoms with Gasteiger partial charge < -0.3 is 39.4 Å². The molecular weight excluding hydrogens is 747 g/mol. The zero-order valence-corrected chi connectivity index (χ0v) is 36.2. The Morgan fingerprint density at radius 3 is 2.34 bits per heavy atom. The molecule has 12 nitrogen and oxygen atoms in total. The number of carbonyl (C=O) groups excluding carboxylic acids is 4. The lowest BCUT2D eigenvalue weighted by Crippen LogP contribution is -2.64. The van der Waals surface area contributed by atoms with E-state index in [0.717, 1.165) is 18.4 Å². The van der Waals surface area contributed by atoms with Crippen molar-refractivity contribution < 1.29 is 52.4 Å². The summed E-state index contributed by atoms with van der Waals surface area (Å²) >= 11 is 0. The minimum Gasteiger partial charge on any atom is -0.456 e. The van der Waals surface area contributed by atoms with Crippen molar-refractivity contribution in [1.29, 1.82) is 0 Å². The summed E-state index contributed by atoms with van der Waals surface area (Å²) in [5.41, 5.74) is 7.76. The van der Waals surface area contributed by atoms with Crippen LogP contribution in [0.5, 0.6) is 0 Å². The van der Waals surface area contributed by atoms with E-state index in [9.17, 15) is 24.3 Å². The van der Waals surface area contributed by atoms with Crippen molar-refractivity contribution in [3.8, 4) is 0 Å². The second-order valence-electron chi connectivity index (χ2n) is 17.5. The van der Waals surface area contributed by atoms with Crippen LogP contribution in [-0.4, -0.2) is 115 Å². The molecule has 58 heavy (non-hydrogen) atoms. The predicted octanol–water partition coefficient (Wildman–Crippen LogP) is 5.97. The van der Waals surface area contributed by atoms with Crippen molar-refractivity contribution in [2.24, 2.45) is 35.3 Å². The van der Waals surface area contributed by atoms with Gasteiger partial charge in [0, 0.05) is 45.1 Å². The van der Waals surface area contributed by atoms with Crippen LogP contribution in [0.1, 0.15) is 112 Å². The summed E-state index contributed by atoms with van der Waals surface area (Å²) in [5.74, 6) is -7.66. The van der Waals surface area contributed by atoms with Crippen LogP contribution in [-0.2, 0) is 42.9 Å². The molecule has 13 heteroatoms. The summed E-state index contributed by atoms with van der Waals surface area (Å²) in [6, 6.07) is -1.26. The Bertz CT molecular complexity index is 1500. The lowest BCUT2D eigenvalue weighted by Gasteiger charge is -2.47. The SMILES string of the molecule is C=CCOC1CCC(C=C(C)C2OC(=O)C3CCCCN3C(=O)C(=O)C3(O)OC(C(OC)CC(C)C(F)C(C)=CC(CC)C(=O)CCC2C)C(OC)CC3C)CC1N. The largest absolute Gasteiger partial charge is 0.456 e. The Morgan fingerprint density at radius 2 is 1.71 bits per heavy atom. The van der Waals surface area contributed by atoms with E-state index >= 15 is 4.39 Å². The molecule has 328 valence electrons. The number of piperidine rings is 1. The highest BCUT2D eigenvalue weighted by atomic mass is 19.1. The summed E-state index contributed by atoms with van der Waals surface area (Å²) in [6.45, 7) is 15.0. The second-order valence-corrected chi connectivity index (χ2v) is 17.5. The topological polar surface area (TPSA) is 164 Å². The van der Waals surface area contributed by atoms with E-state index < -0.39 is 77.8 Å². The van der Waals surface area contributed by atoms with Gasteiger partial charge in [-0.3, -0.25) is 14.4 Å². The summed E-state index contributed by atoms with van der Waals surface area (Å²) in [4.78, 5) is 57.7. The van der Waals surface area contributed by atoms with Crippen molar-refractivity contribution in [1.82, 2.24) is 4.90 Å². The molecule has 14 unspecified atom stereocenters. The third-order valence-electron chi connectivity index (χ3n) is 13.2. The zero-order chi connectivity index (χ0) is 42.9. The molecule has 3 heterocycles. The van der Waals surface area contributed by atoms with Crippen LogP contribution in [0.4, 0.5) is 4.39 Å². The number of cyclic esters (lactones) is 1. The molecule has 3 N–H and O–H groups in total. The number of allylic oxidation sites excluding steroid dienone is 3. The first kappa shape index (κ1) is 47.9. The normalized spacial score (nSPS) is 39.6. The van der Waals surface area contributed by atoms with Gasteiger partial charge >= 0.3 is 5.97 Å². The molecule has 3 aliphatic heterocycles. The van der Waals surface area contributed by atoms with Gasteiger partial charge in [0.2, 0.25) is 5.79 Å². The molecule has 0 aromatic rings. The number of Topliss-reactive ketones (excluding diaryl/α,β-unsaturated/α-hetero) is 2. The summed E-state index contributed by atoms with van der Waals surface area (Å²) in [5, 5.41) is 12.0. The van der Waals surface area contributed by atoms with Gasteiger partial charge in [-0.05, 0) is 107 Å². The fourth-order valence-electron chi connectivity index (χ4n) is 9.51. The fraction of sp³-hybridized carbons (Fsp3) is 0.778. The maximum Gasteiger partial charge on any atom is 0.329 e. The fourth-order valence-corrected chi connectivity index (χ4v) is 9.51. The Hall–Kier alpha value is -2.81. The molecule has 2 saturated heterocycles. The van der Waals surface area contributed by atoms with Crippen LogP contribution < -0.4 is 5.73 Å². The number of hydrogen-bond acceptors (Lipinski definition) is 11. The molecule has 4 aliphatic rings. The number of amides is 1. The molecule has 2 bridgehead atoms. The van der Waals surface area contributed by atoms with E-state index in [2.05, 4.69) is 12.7 Å². The maximum atomic E-state index is 16.2. The molecule has 1 aliphatic carbocycles. The van der Waals surface area contributed by atoms with E-state index in [1.54, 1.807) is 32.9 Å². The van der Waals surface area contributed by atoms with Crippen molar-refractivity contribution >= 4 is 23.4 Å². The highest BCUT2D eigenvalue weighted by Crippen LogP contribution is 2.39. The van der Waals surface area contributed by atoms with Crippen LogP contribution in [0.2, 0.25) is 0 Å². The summed E-state index contributed by atoms with van der Waals surface area (Å²) in [6.07, 6.45) is 5.85. The van der Waals surface area contributed by atoms with Crippen molar-refractivity contribution in [2.75, 3.05) is 27.4 Å². The quantitative estimate of drug-likeness (QED) is 0.169. The summed E-state index contributed by atoms with van der Waals surface area (Å²) in [7, 11) is 2.92. The molecule has 0 aromatic carbocycles. The van der Waals surface area contributed by atoms with Gasteiger partial charge in [-0.25, -0.2) is 9.18 Å². The number of aliphatic hydroxyl groups is 1. The number of ketones is 2. The van der Waals surface area contributed by atoms with Crippen LogP contribution in [0, 0.1) is 29.6 Å². The number of rotatable bonds is 8. The molecular formula is C45H71FN2O10. The molecule has 4 rings (SSSR count). The first-order valence-corrected chi connectivity index (χ1v) is 21.5. The molecule has 0 radical (unpaired) electrons. The van der Waals surface area contributed by atoms with Gasteiger partial charge in [-0.1, -0.05) is 45.9 Å². The number of hydrogen-bond donors (Lipinski definition) is 2. The lowest BCUT2D eigenvalue weighted by molar-refractivity contribution is -0.302. The Morgan fingerprint density at radius 1 is 1.02 bits per heavy atom. The average molecular weight is 819 g/mol. The standard InChI is InChI=1S/C45H71FN2O10/c1-10-20-56-36-18-16-31(25-33(36)47)21-29(6)40-26(3)15-17-35(49)32(11-2)22-27(4)39(46)28(5)23-37(54-8)41-38(55-9)24-30(7)45(53,58-41)42(50)43(51)48-19-13-12-14-34(48)44(52)57-40/h10,21-22,26,28,30-34,36-41,53H,1,11-20,23-25,47H2,2-9H3. The van der Waals surface area contributed by atoms with Crippen LogP contribution >= 0.6 is 0 Å². The number of methoxy groups -OCH3 is 2. The van der Waals surface area contributed by atoms with Gasteiger partial charge in [0.15, 0.2) is 0 Å². The Labute approximate surface area is 345 Å². The van der Waals surface area contributed by atoms with Gasteiger partial charge in [0.1, 0.15) is 30.2 Å². The number of nitrogens with two attached hydrogens (primary N) is 1. The number of ether oxygens (including phenoxy) is 5. The van der Waals surface area contributed by atoms with Crippen molar-refractivity contribution in [2.45, 2.75) is 167 Å². The second kappa shape index (κ2) is 21.6. The Balaban J connectivity index is 1.73.